The van der Waals surface area contributed by atoms with E-state index in [0.717, 1.165) is 17.5 Å². The average molecular weight is 336 g/mol. The van der Waals surface area contributed by atoms with Crippen LogP contribution in [0.3, 0.4) is 0 Å². The molecule has 2 rings (SSSR count). The fourth-order valence-electron chi connectivity index (χ4n) is 2.54. The fourth-order valence-corrected chi connectivity index (χ4v) is 2.83. The summed E-state index contributed by atoms with van der Waals surface area (Å²) in [6.45, 7) is 2.92. The number of ether oxygens (including phenoxy) is 2. The molecule has 0 saturated heterocycles. The highest BCUT2D eigenvalue weighted by Gasteiger charge is 2.16. The second kappa shape index (κ2) is 8.09. The Bertz CT molecular complexity index is 643. The van der Waals surface area contributed by atoms with E-state index in [9.17, 15) is 5.11 Å². The van der Waals surface area contributed by atoms with Crippen LogP contribution in [-0.2, 0) is 6.42 Å². The minimum atomic E-state index is 0.134. The Morgan fingerprint density at radius 3 is 2.48 bits per heavy atom. The third kappa shape index (κ3) is 4.30. The summed E-state index contributed by atoms with van der Waals surface area (Å²) in [4.78, 5) is 0. The SMILES string of the molecule is CCOc1c(Cl)cc(CC(CN)c2ccc(O)cc2)cc1OC. The highest BCUT2D eigenvalue weighted by molar-refractivity contribution is 6.32. The lowest BCUT2D eigenvalue weighted by Crippen LogP contribution is -2.15. The van der Waals surface area contributed by atoms with Gasteiger partial charge in [0, 0.05) is 5.92 Å². The van der Waals surface area contributed by atoms with Gasteiger partial charge in [0.25, 0.3) is 0 Å². The molecule has 0 aliphatic heterocycles. The van der Waals surface area contributed by atoms with Crippen molar-refractivity contribution in [3.8, 4) is 17.2 Å². The molecule has 0 bridgehead atoms. The van der Waals surface area contributed by atoms with Gasteiger partial charge in [0.05, 0.1) is 18.7 Å². The molecule has 4 nitrogen and oxygen atoms in total. The van der Waals surface area contributed by atoms with E-state index in [1.54, 1.807) is 19.2 Å². The summed E-state index contributed by atoms with van der Waals surface area (Å²) in [5.74, 6) is 1.56. The molecule has 1 atom stereocenters. The normalized spacial score (nSPS) is 12.0. The number of phenolic OH excluding ortho intramolecular Hbond substituents is 1. The molecule has 0 radical (unpaired) electrons. The van der Waals surface area contributed by atoms with Crippen molar-refractivity contribution in [2.75, 3.05) is 20.3 Å². The van der Waals surface area contributed by atoms with Crippen molar-refractivity contribution >= 4 is 11.6 Å². The summed E-state index contributed by atoms with van der Waals surface area (Å²) in [5, 5.41) is 9.94. The Morgan fingerprint density at radius 1 is 1.22 bits per heavy atom. The Hall–Kier alpha value is -1.91. The minimum absolute atomic E-state index is 0.134. The molecule has 0 aromatic heterocycles. The van der Waals surface area contributed by atoms with Crippen LogP contribution in [0.5, 0.6) is 17.2 Å². The zero-order valence-electron chi connectivity index (χ0n) is 13.4. The molecule has 0 heterocycles. The van der Waals surface area contributed by atoms with E-state index in [0.29, 0.717) is 29.7 Å². The van der Waals surface area contributed by atoms with Gasteiger partial charge in [-0.2, -0.15) is 0 Å². The maximum Gasteiger partial charge on any atom is 0.179 e. The number of hydrogen-bond donors (Lipinski definition) is 2. The molecule has 2 aromatic carbocycles. The molecule has 0 saturated carbocycles. The highest BCUT2D eigenvalue weighted by atomic mass is 35.5. The maximum atomic E-state index is 9.41. The third-order valence-electron chi connectivity index (χ3n) is 3.71. The van der Waals surface area contributed by atoms with Crippen molar-refractivity contribution < 1.29 is 14.6 Å². The van der Waals surface area contributed by atoms with Gasteiger partial charge in [-0.25, -0.2) is 0 Å². The van der Waals surface area contributed by atoms with Crippen LogP contribution in [-0.4, -0.2) is 25.4 Å². The van der Waals surface area contributed by atoms with Crippen LogP contribution in [0.1, 0.15) is 24.0 Å². The van der Waals surface area contributed by atoms with Gasteiger partial charge in [0.15, 0.2) is 11.5 Å². The standard InChI is InChI=1S/C18H22ClNO3/c1-3-23-18-16(19)9-12(10-17(18)22-2)8-14(11-20)13-4-6-15(21)7-5-13/h4-7,9-10,14,21H,3,8,11,20H2,1-2H3. The van der Waals surface area contributed by atoms with Crippen LogP contribution in [0.2, 0.25) is 5.02 Å². The predicted octanol–water partition coefficient (Wildman–Crippen LogP) is 3.74. The lowest BCUT2D eigenvalue weighted by atomic mass is 9.92. The Labute approximate surface area is 141 Å². The smallest absolute Gasteiger partial charge is 0.179 e. The molecule has 124 valence electrons. The average Bonchev–Trinajstić information content (AvgIpc) is 2.55. The molecule has 2 aromatic rings. The molecule has 1 unspecified atom stereocenters. The van der Waals surface area contributed by atoms with Gasteiger partial charge in [0.2, 0.25) is 0 Å². The Morgan fingerprint density at radius 2 is 1.91 bits per heavy atom. The van der Waals surface area contributed by atoms with Crippen molar-refractivity contribution in [3.63, 3.8) is 0 Å². The van der Waals surface area contributed by atoms with Crippen LogP contribution in [0.4, 0.5) is 0 Å². The topological polar surface area (TPSA) is 64.7 Å². The molecule has 0 aliphatic rings. The molecular formula is C18H22ClNO3. The van der Waals surface area contributed by atoms with E-state index in [1.165, 1.54) is 0 Å². The number of phenols is 1. The number of methoxy groups -OCH3 is 1. The van der Waals surface area contributed by atoms with Crippen LogP contribution in [0, 0.1) is 0 Å². The van der Waals surface area contributed by atoms with Gasteiger partial charge in [-0.15, -0.1) is 0 Å². The van der Waals surface area contributed by atoms with Gasteiger partial charge >= 0.3 is 0 Å². The van der Waals surface area contributed by atoms with Crippen LogP contribution in [0.15, 0.2) is 36.4 Å². The van der Waals surface area contributed by atoms with E-state index in [-0.39, 0.29) is 11.7 Å². The highest BCUT2D eigenvalue weighted by Crippen LogP contribution is 2.37. The van der Waals surface area contributed by atoms with E-state index in [2.05, 4.69) is 0 Å². The molecule has 23 heavy (non-hydrogen) atoms. The largest absolute Gasteiger partial charge is 0.508 e. The first-order valence-corrected chi connectivity index (χ1v) is 7.95. The molecule has 0 fully saturated rings. The Balaban J connectivity index is 2.27. The summed E-state index contributed by atoms with van der Waals surface area (Å²) in [7, 11) is 1.60. The van der Waals surface area contributed by atoms with Gasteiger partial charge < -0.3 is 20.3 Å². The minimum Gasteiger partial charge on any atom is -0.508 e. The van der Waals surface area contributed by atoms with Crippen molar-refractivity contribution in [2.24, 2.45) is 5.73 Å². The summed E-state index contributed by atoms with van der Waals surface area (Å²) < 4.78 is 10.9. The van der Waals surface area contributed by atoms with Gasteiger partial charge in [0.1, 0.15) is 5.75 Å². The number of hydrogen-bond acceptors (Lipinski definition) is 4. The lowest BCUT2D eigenvalue weighted by molar-refractivity contribution is 0.311. The number of halogens is 1. The summed E-state index contributed by atoms with van der Waals surface area (Å²) in [6.07, 6.45) is 0.726. The molecule has 3 N–H and O–H groups in total. The molecule has 0 aliphatic carbocycles. The summed E-state index contributed by atoms with van der Waals surface area (Å²) in [5.41, 5.74) is 8.03. The zero-order chi connectivity index (χ0) is 16.8. The Kier molecular flexibility index (Phi) is 6.13. The first kappa shape index (κ1) is 17.4. The van der Waals surface area contributed by atoms with E-state index in [1.807, 2.05) is 31.2 Å². The van der Waals surface area contributed by atoms with E-state index in [4.69, 9.17) is 26.8 Å². The number of rotatable bonds is 7. The summed E-state index contributed by atoms with van der Waals surface area (Å²) in [6, 6.07) is 10.9. The monoisotopic (exact) mass is 335 g/mol. The van der Waals surface area contributed by atoms with Gasteiger partial charge in [-0.05, 0) is 55.3 Å². The van der Waals surface area contributed by atoms with Crippen molar-refractivity contribution in [1.82, 2.24) is 0 Å². The molecule has 5 heteroatoms. The van der Waals surface area contributed by atoms with E-state index < -0.39 is 0 Å². The summed E-state index contributed by atoms with van der Waals surface area (Å²) >= 11 is 6.32. The maximum absolute atomic E-state index is 9.41. The molecule has 0 amide bonds. The lowest BCUT2D eigenvalue weighted by Gasteiger charge is -2.18. The van der Waals surface area contributed by atoms with Crippen LogP contribution < -0.4 is 15.2 Å². The van der Waals surface area contributed by atoms with Crippen molar-refractivity contribution in [2.45, 2.75) is 19.3 Å². The van der Waals surface area contributed by atoms with Crippen molar-refractivity contribution in [1.29, 1.82) is 0 Å². The van der Waals surface area contributed by atoms with Crippen LogP contribution in [0.25, 0.3) is 0 Å². The number of benzene rings is 2. The van der Waals surface area contributed by atoms with Gasteiger partial charge in [-0.3, -0.25) is 0 Å². The van der Waals surface area contributed by atoms with Crippen LogP contribution >= 0.6 is 11.6 Å². The zero-order valence-corrected chi connectivity index (χ0v) is 14.1. The van der Waals surface area contributed by atoms with Crippen molar-refractivity contribution in [3.05, 3.63) is 52.5 Å². The van der Waals surface area contributed by atoms with E-state index >= 15 is 0 Å². The quantitative estimate of drug-likeness (QED) is 0.809. The molecule has 0 spiro atoms. The first-order chi connectivity index (χ1) is 11.1. The van der Waals surface area contributed by atoms with Gasteiger partial charge in [-0.1, -0.05) is 23.7 Å². The first-order valence-electron chi connectivity index (χ1n) is 7.57. The third-order valence-corrected chi connectivity index (χ3v) is 3.99. The predicted molar refractivity (Wildman–Crippen MR) is 92.8 cm³/mol. The number of aromatic hydroxyl groups is 1. The fraction of sp³-hybridized carbons (Fsp3) is 0.333. The molecular weight excluding hydrogens is 314 g/mol. The number of nitrogens with two attached hydrogens (primary N) is 1. The second-order valence-corrected chi connectivity index (χ2v) is 5.68. The second-order valence-electron chi connectivity index (χ2n) is 5.27.